The van der Waals surface area contributed by atoms with E-state index in [1.165, 1.54) is 19.3 Å². The number of aliphatic hydroxyl groups excluding tert-OH is 1. The van der Waals surface area contributed by atoms with E-state index < -0.39 is 0 Å². The summed E-state index contributed by atoms with van der Waals surface area (Å²) in [7, 11) is 0. The number of Topliss-reactive ketones (excluding diaryl/α,β-unsaturated/α-hetero) is 1. The highest BCUT2D eigenvalue weighted by Gasteiger charge is 2.33. The molecule has 1 aliphatic heterocycles. The highest BCUT2D eigenvalue weighted by Crippen LogP contribution is 2.27. The SMILES string of the molecule is CC1CCN(CC(=O)C2CCCCC2)C1CO. The Bertz CT molecular complexity index is 261. The van der Waals surface area contributed by atoms with E-state index in [-0.39, 0.29) is 12.6 Å². The number of aliphatic hydroxyl groups is 1. The quantitative estimate of drug-likeness (QED) is 0.814. The number of nitrogens with zero attached hydrogens (tertiary/aromatic N) is 1. The van der Waals surface area contributed by atoms with Gasteiger partial charge in [-0.2, -0.15) is 0 Å². The van der Waals surface area contributed by atoms with Crippen molar-refractivity contribution in [3.63, 3.8) is 0 Å². The Morgan fingerprint density at radius 3 is 2.59 bits per heavy atom. The van der Waals surface area contributed by atoms with Crippen LogP contribution in [0.4, 0.5) is 0 Å². The van der Waals surface area contributed by atoms with Crippen molar-refractivity contribution in [2.45, 2.75) is 51.5 Å². The summed E-state index contributed by atoms with van der Waals surface area (Å²) in [4.78, 5) is 14.4. The Balaban J connectivity index is 1.85. The molecule has 0 aromatic carbocycles. The second-order valence-electron chi connectivity index (χ2n) is 5.79. The van der Waals surface area contributed by atoms with Crippen molar-refractivity contribution >= 4 is 5.78 Å². The maximum atomic E-state index is 12.2. The molecule has 0 aromatic rings. The predicted octanol–water partition coefficient (Wildman–Crippen LogP) is 1.84. The number of carbonyl (C=O) groups excluding carboxylic acids is 1. The van der Waals surface area contributed by atoms with Crippen LogP contribution in [0, 0.1) is 11.8 Å². The average molecular weight is 239 g/mol. The monoisotopic (exact) mass is 239 g/mol. The lowest BCUT2D eigenvalue weighted by molar-refractivity contribution is -0.125. The van der Waals surface area contributed by atoms with Crippen LogP contribution in [0.3, 0.4) is 0 Å². The van der Waals surface area contributed by atoms with E-state index in [9.17, 15) is 9.90 Å². The van der Waals surface area contributed by atoms with Gasteiger partial charge < -0.3 is 5.11 Å². The van der Waals surface area contributed by atoms with Gasteiger partial charge >= 0.3 is 0 Å². The molecule has 3 nitrogen and oxygen atoms in total. The topological polar surface area (TPSA) is 40.5 Å². The molecule has 2 rings (SSSR count). The van der Waals surface area contributed by atoms with Crippen LogP contribution in [0.2, 0.25) is 0 Å². The Morgan fingerprint density at radius 1 is 1.24 bits per heavy atom. The van der Waals surface area contributed by atoms with Gasteiger partial charge in [0.05, 0.1) is 13.2 Å². The molecule has 1 aliphatic carbocycles. The third-order valence-electron chi connectivity index (χ3n) is 4.60. The minimum atomic E-state index is 0.194. The van der Waals surface area contributed by atoms with E-state index in [2.05, 4.69) is 11.8 Å². The molecule has 1 saturated carbocycles. The minimum Gasteiger partial charge on any atom is -0.395 e. The fourth-order valence-electron chi connectivity index (χ4n) is 3.33. The van der Waals surface area contributed by atoms with Gasteiger partial charge in [-0.1, -0.05) is 26.2 Å². The van der Waals surface area contributed by atoms with Crippen molar-refractivity contribution < 1.29 is 9.90 Å². The van der Waals surface area contributed by atoms with Gasteiger partial charge in [0.1, 0.15) is 5.78 Å². The largest absolute Gasteiger partial charge is 0.395 e. The van der Waals surface area contributed by atoms with Gasteiger partial charge in [0.2, 0.25) is 0 Å². The van der Waals surface area contributed by atoms with Crippen LogP contribution in [0.25, 0.3) is 0 Å². The van der Waals surface area contributed by atoms with Crippen LogP contribution >= 0.6 is 0 Å². The minimum absolute atomic E-state index is 0.194. The highest BCUT2D eigenvalue weighted by molar-refractivity contribution is 5.83. The van der Waals surface area contributed by atoms with E-state index >= 15 is 0 Å². The van der Waals surface area contributed by atoms with Crippen molar-refractivity contribution in [3.8, 4) is 0 Å². The number of rotatable bonds is 4. The molecule has 17 heavy (non-hydrogen) atoms. The summed E-state index contributed by atoms with van der Waals surface area (Å²) in [6.07, 6.45) is 7.03. The summed E-state index contributed by atoms with van der Waals surface area (Å²) >= 11 is 0. The van der Waals surface area contributed by atoms with Gasteiger partial charge in [0.25, 0.3) is 0 Å². The number of carbonyl (C=O) groups is 1. The van der Waals surface area contributed by atoms with Crippen molar-refractivity contribution in [1.29, 1.82) is 0 Å². The first-order chi connectivity index (χ1) is 8.22. The Kier molecular flexibility index (Phi) is 4.57. The molecule has 3 heteroatoms. The lowest BCUT2D eigenvalue weighted by Crippen LogP contribution is -2.40. The standard InChI is InChI=1S/C14H25NO2/c1-11-7-8-15(13(11)10-16)9-14(17)12-5-3-2-4-6-12/h11-13,16H,2-10H2,1H3. The van der Waals surface area contributed by atoms with Crippen molar-refractivity contribution in [3.05, 3.63) is 0 Å². The molecule has 98 valence electrons. The van der Waals surface area contributed by atoms with Crippen LogP contribution < -0.4 is 0 Å². The summed E-state index contributed by atoms with van der Waals surface area (Å²) in [6.45, 7) is 3.91. The van der Waals surface area contributed by atoms with Crippen LogP contribution in [0.15, 0.2) is 0 Å². The Hall–Kier alpha value is -0.410. The lowest BCUT2D eigenvalue weighted by Gasteiger charge is -2.27. The molecule has 2 atom stereocenters. The molecular weight excluding hydrogens is 214 g/mol. The smallest absolute Gasteiger partial charge is 0.149 e. The molecule has 2 aliphatic rings. The predicted molar refractivity (Wildman–Crippen MR) is 67.8 cm³/mol. The average Bonchev–Trinajstić information content (AvgIpc) is 2.71. The summed E-state index contributed by atoms with van der Waals surface area (Å²) in [6, 6.07) is 0.211. The van der Waals surface area contributed by atoms with Gasteiger partial charge in [0, 0.05) is 12.0 Å². The molecule has 0 bridgehead atoms. The van der Waals surface area contributed by atoms with E-state index in [0.29, 0.717) is 24.2 Å². The van der Waals surface area contributed by atoms with Crippen molar-refractivity contribution in [2.24, 2.45) is 11.8 Å². The molecule has 0 radical (unpaired) electrons. The number of likely N-dealkylation sites (tertiary alicyclic amines) is 1. The maximum Gasteiger partial charge on any atom is 0.149 e. The summed E-state index contributed by atoms with van der Waals surface area (Å²) < 4.78 is 0. The highest BCUT2D eigenvalue weighted by atomic mass is 16.3. The Morgan fingerprint density at radius 2 is 1.94 bits per heavy atom. The third kappa shape index (κ3) is 3.08. The normalized spacial score (nSPS) is 31.9. The first-order valence-corrected chi connectivity index (χ1v) is 7.10. The number of hydrogen-bond acceptors (Lipinski definition) is 3. The number of ketones is 1. The second-order valence-corrected chi connectivity index (χ2v) is 5.79. The molecule has 0 aromatic heterocycles. The van der Waals surface area contributed by atoms with Gasteiger partial charge in [-0.15, -0.1) is 0 Å². The zero-order chi connectivity index (χ0) is 12.3. The first-order valence-electron chi connectivity index (χ1n) is 7.10. The van der Waals surface area contributed by atoms with E-state index in [4.69, 9.17) is 0 Å². The molecule has 1 N–H and O–H groups in total. The molecular formula is C14H25NO2. The fraction of sp³-hybridized carbons (Fsp3) is 0.929. The van der Waals surface area contributed by atoms with Gasteiger partial charge in [-0.05, 0) is 31.7 Å². The molecule has 0 amide bonds. The molecule has 0 spiro atoms. The second kappa shape index (κ2) is 5.96. The fourth-order valence-corrected chi connectivity index (χ4v) is 3.33. The third-order valence-corrected chi connectivity index (χ3v) is 4.60. The number of hydrogen-bond donors (Lipinski definition) is 1. The van der Waals surface area contributed by atoms with E-state index in [1.54, 1.807) is 0 Å². The zero-order valence-corrected chi connectivity index (χ0v) is 10.9. The molecule has 1 saturated heterocycles. The molecule has 1 heterocycles. The van der Waals surface area contributed by atoms with Crippen LogP contribution in [0.5, 0.6) is 0 Å². The van der Waals surface area contributed by atoms with E-state index in [0.717, 1.165) is 25.8 Å². The molecule has 2 fully saturated rings. The van der Waals surface area contributed by atoms with Crippen LogP contribution in [-0.4, -0.2) is 41.5 Å². The van der Waals surface area contributed by atoms with Gasteiger partial charge in [-0.3, -0.25) is 9.69 Å². The lowest BCUT2D eigenvalue weighted by atomic mass is 9.86. The first kappa shape index (κ1) is 13.0. The van der Waals surface area contributed by atoms with Crippen LogP contribution in [0.1, 0.15) is 45.4 Å². The Labute approximate surface area is 104 Å². The summed E-state index contributed by atoms with van der Waals surface area (Å²) in [5.74, 6) is 1.25. The summed E-state index contributed by atoms with van der Waals surface area (Å²) in [5, 5.41) is 9.38. The molecule has 2 unspecified atom stereocenters. The zero-order valence-electron chi connectivity index (χ0n) is 10.9. The van der Waals surface area contributed by atoms with Gasteiger partial charge in [0.15, 0.2) is 0 Å². The van der Waals surface area contributed by atoms with Crippen LogP contribution in [-0.2, 0) is 4.79 Å². The van der Waals surface area contributed by atoms with E-state index in [1.807, 2.05) is 0 Å². The van der Waals surface area contributed by atoms with Gasteiger partial charge in [-0.25, -0.2) is 0 Å². The summed E-state index contributed by atoms with van der Waals surface area (Å²) in [5.41, 5.74) is 0. The maximum absolute atomic E-state index is 12.2. The van der Waals surface area contributed by atoms with Crippen molar-refractivity contribution in [1.82, 2.24) is 4.90 Å². The van der Waals surface area contributed by atoms with Crippen molar-refractivity contribution in [2.75, 3.05) is 19.7 Å².